The highest BCUT2D eigenvalue weighted by atomic mass is 16.3. The maximum atomic E-state index is 13.5. The van der Waals surface area contributed by atoms with Gasteiger partial charge in [0.2, 0.25) is 5.91 Å². The molecule has 1 aromatic heterocycles. The molecule has 2 aromatic rings. The first-order valence-electron chi connectivity index (χ1n) is 11.7. The number of hydrogen-bond donors (Lipinski definition) is 2. The number of allylic oxidation sites excluding steroid dienone is 1. The summed E-state index contributed by atoms with van der Waals surface area (Å²) in [7, 11) is 0. The standard InChI is InChI=1S/C26H31N3O3/c1-2-7-18-12-13-21-24-23(25(31)27-19-10-6-11-19)20(16-30)22(15-29(21)26(18)32)28(24)14-17-8-4-3-5-9-17/h2-5,7-9,12-13,19-20,22-24,30H,6,10-11,14-16H2,1H3,(H,27,31)/b7-2-/t20-,22-,23+,24+/m1/s1. The quantitative estimate of drug-likeness (QED) is 0.735. The first kappa shape index (κ1) is 21.2. The Bertz CT molecular complexity index is 1070. The van der Waals surface area contributed by atoms with E-state index in [2.05, 4.69) is 22.3 Å². The Labute approximate surface area is 188 Å². The predicted octanol–water partition coefficient (Wildman–Crippen LogP) is 2.71. The van der Waals surface area contributed by atoms with Gasteiger partial charge >= 0.3 is 0 Å². The fourth-order valence-electron chi connectivity index (χ4n) is 5.71. The van der Waals surface area contributed by atoms with E-state index in [0.29, 0.717) is 18.7 Å². The number of carbonyl (C=O) groups is 1. The van der Waals surface area contributed by atoms with Crippen LogP contribution in [0.4, 0.5) is 0 Å². The van der Waals surface area contributed by atoms with Crippen molar-refractivity contribution in [3.05, 3.63) is 75.7 Å². The summed E-state index contributed by atoms with van der Waals surface area (Å²) in [6.45, 7) is 3.00. The Morgan fingerprint density at radius 1 is 1.19 bits per heavy atom. The third-order valence-electron chi connectivity index (χ3n) is 7.51. The third-order valence-corrected chi connectivity index (χ3v) is 7.51. The minimum Gasteiger partial charge on any atom is -0.396 e. The molecule has 168 valence electrons. The van der Waals surface area contributed by atoms with Crippen LogP contribution in [0.2, 0.25) is 0 Å². The van der Waals surface area contributed by atoms with Gasteiger partial charge < -0.3 is 15.0 Å². The van der Waals surface area contributed by atoms with E-state index in [-0.39, 0.29) is 48.0 Å². The highest BCUT2D eigenvalue weighted by molar-refractivity contribution is 5.81. The summed E-state index contributed by atoms with van der Waals surface area (Å²) < 4.78 is 1.84. The third kappa shape index (κ3) is 3.51. The van der Waals surface area contributed by atoms with Crippen LogP contribution in [-0.4, -0.2) is 39.2 Å². The molecule has 1 saturated heterocycles. The van der Waals surface area contributed by atoms with Crippen molar-refractivity contribution in [2.75, 3.05) is 6.61 Å². The lowest BCUT2D eigenvalue weighted by Gasteiger charge is -2.38. The number of aliphatic hydroxyl groups excluding tert-OH is 1. The Morgan fingerprint density at radius 2 is 1.97 bits per heavy atom. The van der Waals surface area contributed by atoms with Crippen LogP contribution in [0, 0.1) is 11.8 Å². The number of pyridine rings is 1. The molecule has 2 bridgehead atoms. The summed E-state index contributed by atoms with van der Waals surface area (Å²) in [5, 5.41) is 13.6. The second kappa shape index (κ2) is 8.68. The highest BCUT2D eigenvalue weighted by Crippen LogP contribution is 2.49. The summed E-state index contributed by atoms with van der Waals surface area (Å²) in [5.41, 5.74) is 2.68. The normalized spacial score (nSPS) is 27.3. The molecule has 0 radical (unpaired) electrons. The zero-order valence-corrected chi connectivity index (χ0v) is 18.5. The summed E-state index contributed by atoms with van der Waals surface area (Å²) in [6, 6.07) is 14.0. The van der Waals surface area contributed by atoms with Crippen LogP contribution in [-0.2, 0) is 17.9 Å². The number of fused-ring (bicyclic) bond motifs is 4. The molecule has 6 nitrogen and oxygen atoms in total. The van der Waals surface area contributed by atoms with Crippen molar-refractivity contribution in [1.29, 1.82) is 0 Å². The zero-order valence-electron chi connectivity index (χ0n) is 18.5. The summed E-state index contributed by atoms with van der Waals surface area (Å²) >= 11 is 0. The molecule has 1 saturated carbocycles. The number of aliphatic hydroxyl groups is 1. The van der Waals surface area contributed by atoms with Gasteiger partial charge in [0.1, 0.15) is 0 Å². The van der Waals surface area contributed by atoms with E-state index in [1.54, 1.807) is 0 Å². The molecule has 0 unspecified atom stereocenters. The van der Waals surface area contributed by atoms with Gasteiger partial charge in [0.15, 0.2) is 0 Å². The van der Waals surface area contributed by atoms with Crippen molar-refractivity contribution in [3.63, 3.8) is 0 Å². The first-order valence-corrected chi connectivity index (χ1v) is 11.7. The molecule has 4 atom stereocenters. The first-order chi connectivity index (χ1) is 15.6. The van der Waals surface area contributed by atoms with Gasteiger partial charge in [-0.1, -0.05) is 42.5 Å². The van der Waals surface area contributed by atoms with E-state index < -0.39 is 0 Å². The van der Waals surface area contributed by atoms with Crippen molar-refractivity contribution in [2.24, 2.45) is 11.8 Å². The van der Waals surface area contributed by atoms with Gasteiger partial charge in [-0.05, 0) is 43.9 Å². The fourth-order valence-corrected chi connectivity index (χ4v) is 5.71. The number of carbonyl (C=O) groups excluding carboxylic acids is 1. The number of nitrogens with one attached hydrogen (secondary N) is 1. The molecule has 1 aliphatic carbocycles. The van der Waals surface area contributed by atoms with Crippen LogP contribution in [0.1, 0.15) is 49.0 Å². The number of amides is 1. The van der Waals surface area contributed by atoms with Gasteiger partial charge in [0.05, 0.1) is 12.0 Å². The van der Waals surface area contributed by atoms with Gasteiger partial charge in [-0.2, -0.15) is 0 Å². The molecule has 0 spiro atoms. The van der Waals surface area contributed by atoms with Crippen molar-refractivity contribution in [3.8, 4) is 0 Å². The van der Waals surface area contributed by atoms with E-state index in [4.69, 9.17) is 0 Å². The van der Waals surface area contributed by atoms with Crippen LogP contribution in [0.15, 0.2) is 53.3 Å². The zero-order chi connectivity index (χ0) is 22.2. The fraction of sp³-hybridized carbons (Fsp3) is 0.462. The highest BCUT2D eigenvalue weighted by Gasteiger charge is 2.55. The monoisotopic (exact) mass is 433 g/mol. The van der Waals surface area contributed by atoms with Crippen LogP contribution >= 0.6 is 0 Å². The van der Waals surface area contributed by atoms with Crippen molar-refractivity contribution in [2.45, 2.75) is 57.4 Å². The van der Waals surface area contributed by atoms with Crippen molar-refractivity contribution >= 4 is 12.0 Å². The number of nitrogens with zero attached hydrogens (tertiary/aromatic N) is 2. The summed E-state index contributed by atoms with van der Waals surface area (Å²) in [4.78, 5) is 29.0. The molecular weight excluding hydrogens is 402 g/mol. The molecule has 3 aliphatic rings. The average molecular weight is 434 g/mol. The summed E-state index contributed by atoms with van der Waals surface area (Å²) in [6.07, 6.45) is 6.89. The van der Waals surface area contributed by atoms with Crippen molar-refractivity contribution < 1.29 is 9.90 Å². The van der Waals surface area contributed by atoms with Gasteiger partial charge in [-0.15, -0.1) is 0 Å². The van der Waals surface area contributed by atoms with Gasteiger partial charge in [0, 0.05) is 49.0 Å². The molecule has 3 heterocycles. The maximum absolute atomic E-state index is 13.5. The minimum absolute atomic E-state index is 0.0118. The van der Waals surface area contributed by atoms with Crippen LogP contribution < -0.4 is 10.9 Å². The number of aromatic nitrogens is 1. The van der Waals surface area contributed by atoms with E-state index in [0.717, 1.165) is 25.0 Å². The Morgan fingerprint density at radius 3 is 2.62 bits per heavy atom. The minimum atomic E-state index is -0.380. The Balaban J connectivity index is 1.58. The number of benzene rings is 1. The van der Waals surface area contributed by atoms with Gasteiger partial charge in [-0.3, -0.25) is 14.5 Å². The number of rotatable bonds is 6. The molecule has 6 heteroatoms. The topological polar surface area (TPSA) is 74.6 Å². The SMILES string of the molecule is C/C=C\c1ccc2n(c1=O)C[C@@H]1[C@@H](CO)[C@H](C(=O)NC3CCC3)[C@H]2N1Cc1ccccc1. The van der Waals surface area contributed by atoms with Gasteiger partial charge in [0.25, 0.3) is 5.56 Å². The molecule has 1 amide bonds. The Kier molecular flexibility index (Phi) is 5.74. The lowest BCUT2D eigenvalue weighted by atomic mass is 9.85. The van der Waals surface area contributed by atoms with E-state index in [1.165, 1.54) is 5.56 Å². The molecule has 2 fully saturated rings. The molecule has 5 rings (SSSR count). The maximum Gasteiger partial charge on any atom is 0.258 e. The van der Waals surface area contributed by atoms with E-state index in [1.807, 2.05) is 54.0 Å². The average Bonchev–Trinajstić information content (AvgIpc) is 2.98. The van der Waals surface area contributed by atoms with Crippen LogP contribution in [0.5, 0.6) is 0 Å². The van der Waals surface area contributed by atoms with Crippen LogP contribution in [0.3, 0.4) is 0 Å². The largest absolute Gasteiger partial charge is 0.396 e. The molecular formula is C26H31N3O3. The van der Waals surface area contributed by atoms with E-state index >= 15 is 0 Å². The second-order valence-corrected chi connectivity index (χ2v) is 9.31. The second-order valence-electron chi connectivity index (χ2n) is 9.31. The summed E-state index contributed by atoms with van der Waals surface area (Å²) in [5.74, 6) is -0.582. The molecule has 1 aromatic carbocycles. The van der Waals surface area contributed by atoms with Crippen LogP contribution in [0.25, 0.3) is 6.08 Å². The smallest absolute Gasteiger partial charge is 0.258 e. The van der Waals surface area contributed by atoms with Gasteiger partial charge in [-0.25, -0.2) is 0 Å². The lowest BCUT2D eigenvalue weighted by molar-refractivity contribution is -0.128. The molecule has 2 N–H and O–H groups in total. The van der Waals surface area contributed by atoms with E-state index in [9.17, 15) is 14.7 Å². The predicted molar refractivity (Wildman–Crippen MR) is 124 cm³/mol. The van der Waals surface area contributed by atoms with Crippen molar-refractivity contribution in [1.82, 2.24) is 14.8 Å². The molecule has 32 heavy (non-hydrogen) atoms. The Hall–Kier alpha value is -2.70. The molecule has 2 aliphatic heterocycles. The number of hydrogen-bond acceptors (Lipinski definition) is 4. The lowest BCUT2D eigenvalue weighted by Crippen LogP contribution is -2.47.